The van der Waals surface area contributed by atoms with Gasteiger partial charge in [-0.25, -0.2) is 0 Å². The van der Waals surface area contributed by atoms with Gasteiger partial charge in [0.2, 0.25) is 0 Å². The van der Waals surface area contributed by atoms with Gasteiger partial charge in [0.15, 0.2) is 0 Å². The van der Waals surface area contributed by atoms with Crippen molar-refractivity contribution in [3.8, 4) is 11.5 Å². The molecule has 2 N–H and O–H groups in total. The average Bonchev–Trinajstić information content (AvgIpc) is 2.88. The fourth-order valence-corrected chi connectivity index (χ4v) is 4.79. The number of benzene rings is 4. The molecule has 0 aromatic heterocycles. The van der Waals surface area contributed by atoms with Crippen LogP contribution in [0.3, 0.4) is 0 Å². The number of hydrogen-bond donors (Lipinski definition) is 2. The Labute approximate surface area is 227 Å². The normalized spacial score (nSPS) is 11.7. The number of nitrogens with zero attached hydrogens (tertiary/aromatic N) is 1. The monoisotopic (exact) mass is 503 g/mol. The Hall–Kier alpha value is -4.08. The van der Waals surface area contributed by atoms with E-state index < -0.39 is 0 Å². The molecule has 3 heteroatoms. The Balaban J connectivity index is 1.51. The molecule has 3 nitrogen and oxygen atoms in total. The van der Waals surface area contributed by atoms with E-state index in [4.69, 9.17) is 0 Å². The molecule has 0 aliphatic heterocycles. The van der Waals surface area contributed by atoms with Gasteiger partial charge < -0.3 is 10.2 Å². The summed E-state index contributed by atoms with van der Waals surface area (Å²) >= 11 is 0. The molecule has 0 spiro atoms. The smallest absolute Gasteiger partial charge is 0.125 e. The van der Waals surface area contributed by atoms with Crippen LogP contribution in [-0.2, 0) is 13.1 Å². The van der Waals surface area contributed by atoms with E-state index in [0.717, 1.165) is 57.6 Å². The minimum atomic E-state index is 0.320. The van der Waals surface area contributed by atoms with Crippen LogP contribution in [0.2, 0.25) is 0 Å². The maximum atomic E-state index is 10.7. The van der Waals surface area contributed by atoms with Crippen LogP contribution in [0.25, 0.3) is 24.3 Å². The van der Waals surface area contributed by atoms with Gasteiger partial charge in [0, 0.05) is 24.2 Å². The minimum absolute atomic E-state index is 0.320. The molecule has 0 atom stereocenters. The molecule has 4 aromatic carbocycles. The van der Waals surface area contributed by atoms with Gasteiger partial charge in [0.25, 0.3) is 0 Å². The Morgan fingerprint density at radius 3 is 1.29 bits per heavy atom. The first-order valence-corrected chi connectivity index (χ1v) is 13.0. The highest BCUT2D eigenvalue weighted by atomic mass is 16.3. The van der Waals surface area contributed by atoms with Crippen molar-refractivity contribution in [3.05, 3.63) is 128 Å². The number of phenolic OH excluding ortho intramolecular Hbond substituents is 2. The van der Waals surface area contributed by atoms with Crippen molar-refractivity contribution in [2.45, 2.75) is 40.8 Å². The Morgan fingerprint density at radius 1 is 0.526 bits per heavy atom. The quantitative estimate of drug-likeness (QED) is 0.238. The lowest BCUT2D eigenvalue weighted by Crippen LogP contribution is -2.17. The van der Waals surface area contributed by atoms with E-state index in [0.29, 0.717) is 11.5 Å². The zero-order chi connectivity index (χ0) is 27.2. The van der Waals surface area contributed by atoms with Crippen molar-refractivity contribution >= 4 is 24.3 Å². The summed E-state index contributed by atoms with van der Waals surface area (Å²) in [6.45, 7) is 9.54. The molecule has 0 unspecified atom stereocenters. The number of hydrogen-bond acceptors (Lipinski definition) is 3. The molecular weight excluding hydrogens is 466 g/mol. The van der Waals surface area contributed by atoms with Crippen LogP contribution in [0.1, 0.15) is 55.6 Å². The standard InChI is InChI=1S/C35H37NO2/c1-24-10-6-8-12-30(24)14-16-32-20-28(18-26(3)34(32)37)22-36(5)23-29-19-27(4)35(38)33(21-29)17-15-31-13-9-7-11-25(31)2/h6-21,37-38H,22-23H2,1-5H3/b16-14+,17-15+. The van der Waals surface area contributed by atoms with Crippen LogP contribution >= 0.6 is 0 Å². The van der Waals surface area contributed by atoms with Crippen LogP contribution in [-0.4, -0.2) is 22.2 Å². The van der Waals surface area contributed by atoms with Crippen molar-refractivity contribution in [1.29, 1.82) is 0 Å². The SMILES string of the molecule is Cc1ccccc1/C=C/c1cc(CN(C)Cc2cc(C)c(O)c(/C=C/c3ccccc3C)c2)cc(C)c1O. The predicted molar refractivity (Wildman–Crippen MR) is 161 cm³/mol. The van der Waals surface area contributed by atoms with Gasteiger partial charge in [0.05, 0.1) is 0 Å². The summed E-state index contributed by atoms with van der Waals surface area (Å²) in [6, 6.07) is 24.7. The third kappa shape index (κ3) is 6.62. The first kappa shape index (κ1) is 27.0. The molecule has 0 bridgehead atoms. The lowest BCUT2D eigenvalue weighted by Gasteiger charge is -2.19. The maximum Gasteiger partial charge on any atom is 0.125 e. The summed E-state index contributed by atoms with van der Waals surface area (Å²) in [7, 11) is 2.09. The molecule has 0 aliphatic rings. The van der Waals surface area contributed by atoms with Gasteiger partial charge in [0.1, 0.15) is 11.5 Å². The average molecular weight is 504 g/mol. The van der Waals surface area contributed by atoms with Crippen LogP contribution < -0.4 is 0 Å². The van der Waals surface area contributed by atoms with E-state index in [2.05, 4.69) is 86.5 Å². The van der Waals surface area contributed by atoms with Gasteiger partial charge in [-0.05, 0) is 91.4 Å². The van der Waals surface area contributed by atoms with Gasteiger partial charge in [-0.1, -0.05) is 85.0 Å². The zero-order valence-corrected chi connectivity index (χ0v) is 23.0. The van der Waals surface area contributed by atoms with Gasteiger partial charge >= 0.3 is 0 Å². The Bertz CT molecular complexity index is 1380. The Morgan fingerprint density at radius 2 is 0.895 bits per heavy atom. The molecule has 0 aliphatic carbocycles. The Kier molecular flexibility index (Phi) is 8.50. The van der Waals surface area contributed by atoms with E-state index in [1.54, 1.807) is 0 Å². The molecule has 4 aromatic rings. The zero-order valence-electron chi connectivity index (χ0n) is 23.0. The summed E-state index contributed by atoms with van der Waals surface area (Å²) in [5.74, 6) is 0.640. The van der Waals surface area contributed by atoms with E-state index >= 15 is 0 Å². The molecule has 38 heavy (non-hydrogen) atoms. The minimum Gasteiger partial charge on any atom is -0.507 e. The highest BCUT2D eigenvalue weighted by molar-refractivity contribution is 5.75. The second-order valence-corrected chi connectivity index (χ2v) is 10.3. The van der Waals surface area contributed by atoms with Crippen molar-refractivity contribution in [3.63, 3.8) is 0 Å². The van der Waals surface area contributed by atoms with E-state index in [1.165, 1.54) is 11.1 Å². The fourth-order valence-electron chi connectivity index (χ4n) is 4.79. The molecule has 4 rings (SSSR count). The number of phenols is 2. The molecule has 0 radical (unpaired) electrons. The molecule has 0 heterocycles. The van der Waals surface area contributed by atoms with Crippen LogP contribution in [0.4, 0.5) is 0 Å². The van der Waals surface area contributed by atoms with Crippen LogP contribution in [0, 0.1) is 27.7 Å². The third-order valence-electron chi connectivity index (χ3n) is 6.95. The van der Waals surface area contributed by atoms with E-state index in [-0.39, 0.29) is 0 Å². The summed E-state index contributed by atoms with van der Waals surface area (Å²) in [5.41, 5.74) is 10.3. The molecule has 0 amide bonds. The van der Waals surface area contributed by atoms with Gasteiger partial charge in [-0.2, -0.15) is 0 Å². The lowest BCUT2D eigenvalue weighted by atomic mass is 10.0. The van der Waals surface area contributed by atoms with Crippen LogP contribution in [0.5, 0.6) is 11.5 Å². The summed E-state index contributed by atoms with van der Waals surface area (Å²) in [4.78, 5) is 2.25. The second kappa shape index (κ2) is 12.0. The van der Waals surface area contributed by atoms with Crippen molar-refractivity contribution in [2.24, 2.45) is 0 Å². The largest absolute Gasteiger partial charge is 0.507 e. The maximum absolute atomic E-state index is 10.7. The summed E-state index contributed by atoms with van der Waals surface area (Å²) in [5, 5.41) is 21.4. The van der Waals surface area contributed by atoms with Crippen molar-refractivity contribution < 1.29 is 10.2 Å². The topological polar surface area (TPSA) is 43.7 Å². The molecule has 0 fully saturated rings. The molecule has 194 valence electrons. The predicted octanol–water partition coefficient (Wildman–Crippen LogP) is 8.30. The fraction of sp³-hybridized carbons (Fsp3) is 0.200. The highest BCUT2D eigenvalue weighted by Gasteiger charge is 2.11. The summed E-state index contributed by atoms with van der Waals surface area (Å²) < 4.78 is 0. The number of rotatable bonds is 8. The van der Waals surface area contributed by atoms with E-state index in [1.807, 2.05) is 50.3 Å². The van der Waals surface area contributed by atoms with Crippen LogP contribution in [0.15, 0.2) is 72.8 Å². The first-order chi connectivity index (χ1) is 18.2. The third-order valence-corrected chi connectivity index (χ3v) is 6.95. The molecular formula is C35H37NO2. The van der Waals surface area contributed by atoms with Gasteiger partial charge in [-0.15, -0.1) is 0 Å². The molecule has 0 saturated heterocycles. The molecule has 0 saturated carbocycles. The van der Waals surface area contributed by atoms with Gasteiger partial charge in [-0.3, -0.25) is 4.90 Å². The van der Waals surface area contributed by atoms with E-state index in [9.17, 15) is 10.2 Å². The number of aromatic hydroxyl groups is 2. The highest BCUT2D eigenvalue weighted by Crippen LogP contribution is 2.29. The number of aryl methyl sites for hydroxylation is 4. The van der Waals surface area contributed by atoms with Crippen molar-refractivity contribution in [2.75, 3.05) is 7.05 Å². The summed E-state index contributed by atoms with van der Waals surface area (Å²) in [6.07, 6.45) is 8.10. The lowest BCUT2D eigenvalue weighted by molar-refractivity contribution is 0.318. The van der Waals surface area contributed by atoms with Crippen molar-refractivity contribution in [1.82, 2.24) is 4.90 Å². The second-order valence-electron chi connectivity index (χ2n) is 10.3. The first-order valence-electron chi connectivity index (χ1n) is 13.0.